The maximum absolute atomic E-state index is 12.4. The Morgan fingerprint density at radius 2 is 2.12 bits per heavy atom. The zero-order valence-electron chi connectivity index (χ0n) is 14.7. The molecule has 9 nitrogen and oxygen atoms in total. The fourth-order valence-corrected chi connectivity index (χ4v) is 2.42. The van der Waals surface area contributed by atoms with Gasteiger partial charge in [-0.15, -0.1) is 0 Å². The van der Waals surface area contributed by atoms with Crippen LogP contribution >= 0.6 is 0 Å². The van der Waals surface area contributed by atoms with Crippen LogP contribution in [0.15, 0.2) is 47.8 Å². The van der Waals surface area contributed by atoms with Gasteiger partial charge in [-0.3, -0.25) is 4.98 Å². The summed E-state index contributed by atoms with van der Waals surface area (Å²) in [5.74, 6) is 0.847. The molecule has 2 amide bonds. The Balaban J connectivity index is 1.56. The van der Waals surface area contributed by atoms with Crippen LogP contribution in [0.1, 0.15) is 19.2 Å². The summed E-state index contributed by atoms with van der Waals surface area (Å²) in [7, 11) is 1.69. The summed E-state index contributed by atoms with van der Waals surface area (Å²) in [6, 6.07) is 3.41. The molecule has 9 heteroatoms. The Hall–Kier alpha value is -3.23. The molecule has 0 saturated carbocycles. The summed E-state index contributed by atoms with van der Waals surface area (Å²) < 4.78 is 7.18. The lowest BCUT2D eigenvalue weighted by Gasteiger charge is -2.22. The molecular weight excluding hydrogens is 334 g/mol. The Morgan fingerprint density at radius 1 is 1.31 bits per heavy atom. The van der Waals surface area contributed by atoms with Crippen molar-refractivity contribution in [1.82, 2.24) is 34.9 Å². The van der Waals surface area contributed by atoms with Gasteiger partial charge >= 0.3 is 6.03 Å². The van der Waals surface area contributed by atoms with Crippen molar-refractivity contribution in [2.75, 3.05) is 7.05 Å². The molecule has 0 spiro atoms. The quantitative estimate of drug-likeness (QED) is 0.695. The minimum absolute atomic E-state index is 0.00853. The smallest absolute Gasteiger partial charge is 0.317 e. The highest BCUT2D eigenvalue weighted by atomic mass is 16.5. The van der Waals surface area contributed by atoms with E-state index in [0.29, 0.717) is 18.3 Å². The lowest BCUT2D eigenvalue weighted by molar-refractivity contribution is 0.193. The highest BCUT2D eigenvalue weighted by Crippen LogP contribution is 2.14. The summed E-state index contributed by atoms with van der Waals surface area (Å²) >= 11 is 0. The van der Waals surface area contributed by atoms with Crippen molar-refractivity contribution >= 4 is 6.03 Å². The molecule has 0 unspecified atom stereocenters. The molecule has 0 fully saturated rings. The molecule has 0 aliphatic heterocycles. The Morgan fingerprint density at radius 3 is 2.81 bits per heavy atom. The van der Waals surface area contributed by atoms with E-state index in [2.05, 4.69) is 25.4 Å². The number of urea groups is 1. The van der Waals surface area contributed by atoms with Crippen molar-refractivity contribution in [3.8, 4) is 11.4 Å². The number of carbonyl (C=O) groups excluding carboxylic acids is 1. The second-order valence-electron chi connectivity index (χ2n) is 5.92. The topological polar surface area (TPSA) is 102 Å². The maximum Gasteiger partial charge on any atom is 0.317 e. The van der Waals surface area contributed by atoms with Crippen LogP contribution in [-0.4, -0.2) is 48.7 Å². The van der Waals surface area contributed by atoms with Crippen molar-refractivity contribution in [2.24, 2.45) is 0 Å². The summed E-state index contributed by atoms with van der Waals surface area (Å²) in [5, 5.41) is 6.95. The number of aromatic nitrogens is 5. The van der Waals surface area contributed by atoms with Crippen LogP contribution in [-0.2, 0) is 13.1 Å². The lowest BCUT2D eigenvalue weighted by atomic mass is 10.2. The van der Waals surface area contributed by atoms with Crippen molar-refractivity contribution in [3.05, 3.63) is 49.1 Å². The van der Waals surface area contributed by atoms with Crippen LogP contribution < -0.4 is 5.32 Å². The molecule has 0 saturated heterocycles. The standard InChI is InChI=1S/C17H21N7O2/c1-3-14(10-24-9-8-19-12-24)20-17(25)23(2)11-15-21-16(22-26-15)13-4-6-18-7-5-13/h4-9,12,14H,3,10-11H2,1-2H3,(H,20,25)/t14-/m1/s1. The van der Waals surface area contributed by atoms with E-state index in [1.54, 1.807) is 44.1 Å². The van der Waals surface area contributed by atoms with Gasteiger partial charge in [-0.2, -0.15) is 4.98 Å². The van der Waals surface area contributed by atoms with Gasteiger partial charge in [-0.1, -0.05) is 12.1 Å². The molecule has 3 heterocycles. The SMILES string of the molecule is CC[C@H](Cn1ccnc1)NC(=O)N(C)Cc1nc(-c2ccncc2)no1. The van der Waals surface area contributed by atoms with Crippen LogP contribution in [0.2, 0.25) is 0 Å². The Kier molecular flexibility index (Phi) is 5.57. The normalized spacial score (nSPS) is 11.9. The fraction of sp³-hybridized carbons (Fsp3) is 0.353. The van der Waals surface area contributed by atoms with Crippen LogP contribution in [0.3, 0.4) is 0 Å². The number of rotatable bonds is 7. The fourth-order valence-electron chi connectivity index (χ4n) is 2.42. The van der Waals surface area contributed by atoms with E-state index >= 15 is 0 Å². The molecule has 136 valence electrons. The second-order valence-corrected chi connectivity index (χ2v) is 5.92. The first-order valence-electron chi connectivity index (χ1n) is 8.36. The average Bonchev–Trinajstić information content (AvgIpc) is 3.33. The van der Waals surface area contributed by atoms with Gasteiger partial charge in [-0.25, -0.2) is 9.78 Å². The van der Waals surface area contributed by atoms with Gasteiger partial charge in [0.2, 0.25) is 11.7 Å². The van der Waals surface area contributed by atoms with Gasteiger partial charge in [-0.05, 0) is 18.6 Å². The van der Waals surface area contributed by atoms with E-state index in [0.717, 1.165) is 12.0 Å². The van der Waals surface area contributed by atoms with Gasteiger partial charge in [0.05, 0.1) is 6.33 Å². The van der Waals surface area contributed by atoms with Crippen LogP contribution in [0.4, 0.5) is 4.79 Å². The van der Waals surface area contributed by atoms with E-state index in [1.165, 1.54) is 4.90 Å². The first-order chi connectivity index (χ1) is 12.7. The second kappa shape index (κ2) is 8.24. The highest BCUT2D eigenvalue weighted by molar-refractivity contribution is 5.74. The molecule has 0 aliphatic rings. The van der Waals surface area contributed by atoms with Gasteiger partial charge in [0.25, 0.3) is 0 Å². The maximum atomic E-state index is 12.4. The largest absolute Gasteiger partial charge is 0.337 e. The zero-order valence-corrected chi connectivity index (χ0v) is 14.7. The number of pyridine rings is 1. The zero-order chi connectivity index (χ0) is 18.4. The molecule has 3 aromatic heterocycles. The van der Waals surface area contributed by atoms with Crippen molar-refractivity contribution in [1.29, 1.82) is 0 Å². The molecule has 1 atom stereocenters. The average molecular weight is 355 g/mol. The van der Waals surface area contributed by atoms with Crippen LogP contribution in [0.5, 0.6) is 0 Å². The Labute approximate surface area is 151 Å². The van der Waals surface area contributed by atoms with Gasteiger partial charge in [0.15, 0.2) is 0 Å². The summed E-state index contributed by atoms with van der Waals surface area (Å²) in [6.07, 6.45) is 9.46. The Bertz CT molecular complexity index is 817. The number of hydrogen-bond acceptors (Lipinski definition) is 6. The highest BCUT2D eigenvalue weighted by Gasteiger charge is 2.17. The van der Waals surface area contributed by atoms with Gasteiger partial charge in [0, 0.05) is 50.0 Å². The molecule has 0 aromatic carbocycles. The molecule has 1 N–H and O–H groups in total. The van der Waals surface area contributed by atoms with Gasteiger partial charge < -0.3 is 19.3 Å². The predicted molar refractivity (Wildman–Crippen MR) is 93.8 cm³/mol. The molecule has 3 rings (SSSR count). The summed E-state index contributed by atoms with van der Waals surface area (Å²) in [6.45, 7) is 2.93. The van der Waals surface area contributed by atoms with E-state index in [-0.39, 0.29) is 18.6 Å². The molecule has 0 bridgehead atoms. The van der Waals surface area contributed by atoms with Crippen LogP contribution in [0.25, 0.3) is 11.4 Å². The third-order valence-corrected chi connectivity index (χ3v) is 3.94. The number of imidazole rings is 1. The van der Waals surface area contributed by atoms with E-state index in [9.17, 15) is 4.79 Å². The number of hydrogen-bond donors (Lipinski definition) is 1. The third-order valence-electron chi connectivity index (χ3n) is 3.94. The minimum atomic E-state index is -0.194. The number of nitrogens with one attached hydrogen (secondary N) is 1. The van der Waals surface area contributed by atoms with Crippen molar-refractivity contribution in [2.45, 2.75) is 32.5 Å². The lowest BCUT2D eigenvalue weighted by Crippen LogP contribution is -2.44. The van der Waals surface area contributed by atoms with Gasteiger partial charge in [0.1, 0.15) is 6.54 Å². The molecule has 3 aromatic rings. The summed E-state index contributed by atoms with van der Waals surface area (Å²) in [5.41, 5.74) is 0.813. The first-order valence-corrected chi connectivity index (χ1v) is 8.36. The minimum Gasteiger partial charge on any atom is -0.337 e. The number of carbonyl (C=O) groups is 1. The molecule has 26 heavy (non-hydrogen) atoms. The van der Waals surface area contributed by atoms with E-state index in [1.807, 2.05) is 17.7 Å². The van der Waals surface area contributed by atoms with E-state index in [4.69, 9.17) is 4.52 Å². The monoisotopic (exact) mass is 355 g/mol. The van der Waals surface area contributed by atoms with Crippen molar-refractivity contribution < 1.29 is 9.32 Å². The number of nitrogens with zero attached hydrogens (tertiary/aromatic N) is 6. The molecule has 0 radical (unpaired) electrons. The molecule has 0 aliphatic carbocycles. The van der Waals surface area contributed by atoms with Crippen molar-refractivity contribution in [3.63, 3.8) is 0 Å². The predicted octanol–water partition coefficient (Wildman–Crippen LogP) is 1.95. The third kappa shape index (κ3) is 4.44. The summed E-state index contributed by atoms with van der Waals surface area (Å²) in [4.78, 5) is 26.2. The van der Waals surface area contributed by atoms with E-state index < -0.39 is 0 Å². The van der Waals surface area contributed by atoms with Crippen LogP contribution in [0, 0.1) is 0 Å². The number of amides is 2. The molecular formula is C17H21N7O2. The first kappa shape index (κ1) is 17.6.